The molecule has 0 amide bonds. The number of halogens is 1. The van der Waals surface area contributed by atoms with Gasteiger partial charge in [0.25, 0.3) is 0 Å². The number of epoxide rings is 1. The Morgan fingerprint density at radius 2 is 2.19 bits per heavy atom. The van der Waals surface area contributed by atoms with Crippen molar-refractivity contribution in [1.82, 2.24) is 0 Å². The van der Waals surface area contributed by atoms with Gasteiger partial charge < -0.3 is 4.74 Å². The molecule has 5 heteroatoms. The standard InChI is InChI=1S/C11H12FN3O/c12-9-3-1-8(2-4-9)5-10(14-15-13)6-11-7-16-11/h1-4,10-11H,5-7H2/t10?,11-/m0/s1. The lowest BCUT2D eigenvalue weighted by atomic mass is 10.0. The fourth-order valence-corrected chi connectivity index (χ4v) is 1.64. The van der Waals surface area contributed by atoms with E-state index in [1.807, 2.05) is 0 Å². The van der Waals surface area contributed by atoms with Crippen molar-refractivity contribution in [3.63, 3.8) is 0 Å². The summed E-state index contributed by atoms with van der Waals surface area (Å²) in [7, 11) is 0. The summed E-state index contributed by atoms with van der Waals surface area (Å²) in [5.41, 5.74) is 9.42. The number of hydrogen-bond donors (Lipinski definition) is 0. The second kappa shape index (κ2) is 4.96. The van der Waals surface area contributed by atoms with Gasteiger partial charge in [-0.15, -0.1) is 0 Å². The molecule has 0 saturated carbocycles. The van der Waals surface area contributed by atoms with E-state index in [4.69, 9.17) is 10.3 Å². The van der Waals surface area contributed by atoms with E-state index in [-0.39, 0.29) is 18.0 Å². The predicted molar refractivity (Wildman–Crippen MR) is 57.4 cm³/mol. The molecule has 4 nitrogen and oxygen atoms in total. The first-order chi connectivity index (χ1) is 7.78. The molecule has 0 radical (unpaired) electrons. The molecule has 0 aromatic heterocycles. The lowest BCUT2D eigenvalue weighted by Crippen LogP contribution is -2.10. The summed E-state index contributed by atoms with van der Waals surface area (Å²) in [6.45, 7) is 0.751. The number of benzene rings is 1. The van der Waals surface area contributed by atoms with Crippen LogP contribution in [-0.2, 0) is 11.2 Å². The Labute approximate surface area is 92.7 Å². The number of ether oxygens (including phenoxy) is 1. The third kappa shape index (κ3) is 3.22. The minimum Gasteiger partial charge on any atom is -0.373 e. The molecule has 1 fully saturated rings. The SMILES string of the molecule is [N-]=[N+]=NC(Cc1ccc(F)cc1)C[C@H]1CO1. The van der Waals surface area contributed by atoms with Crippen LogP contribution in [0.1, 0.15) is 12.0 Å². The number of nitrogens with zero attached hydrogens (tertiary/aromatic N) is 3. The fraction of sp³-hybridized carbons (Fsp3) is 0.455. The quantitative estimate of drug-likeness (QED) is 0.326. The average molecular weight is 221 g/mol. The molecular formula is C11H12FN3O. The minimum absolute atomic E-state index is 0.108. The van der Waals surface area contributed by atoms with Gasteiger partial charge in [0.2, 0.25) is 0 Å². The lowest BCUT2D eigenvalue weighted by Gasteiger charge is -2.09. The van der Waals surface area contributed by atoms with E-state index >= 15 is 0 Å². The van der Waals surface area contributed by atoms with Crippen molar-refractivity contribution in [3.05, 3.63) is 46.1 Å². The van der Waals surface area contributed by atoms with Gasteiger partial charge in [-0.25, -0.2) is 4.39 Å². The van der Waals surface area contributed by atoms with E-state index in [1.54, 1.807) is 12.1 Å². The molecule has 1 aliphatic rings. The predicted octanol–water partition coefficient (Wildman–Crippen LogP) is 2.84. The Kier molecular flexibility index (Phi) is 3.39. The molecule has 2 atom stereocenters. The van der Waals surface area contributed by atoms with Crippen LogP contribution in [0.2, 0.25) is 0 Å². The van der Waals surface area contributed by atoms with Crippen molar-refractivity contribution < 1.29 is 9.13 Å². The van der Waals surface area contributed by atoms with E-state index in [2.05, 4.69) is 10.0 Å². The van der Waals surface area contributed by atoms with Gasteiger partial charge in [-0.05, 0) is 36.1 Å². The minimum atomic E-state index is -0.255. The van der Waals surface area contributed by atoms with Crippen molar-refractivity contribution >= 4 is 0 Å². The summed E-state index contributed by atoms with van der Waals surface area (Å²) < 4.78 is 17.8. The Bertz CT molecular complexity index is 396. The molecule has 0 spiro atoms. The molecule has 1 saturated heterocycles. The summed E-state index contributed by atoms with van der Waals surface area (Å²) in [4.78, 5) is 2.83. The van der Waals surface area contributed by atoms with E-state index in [9.17, 15) is 4.39 Å². The van der Waals surface area contributed by atoms with Gasteiger partial charge in [0.1, 0.15) is 5.82 Å². The summed E-state index contributed by atoms with van der Waals surface area (Å²) in [5, 5.41) is 3.73. The Morgan fingerprint density at radius 3 is 2.75 bits per heavy atom. The molecule has 1 aliphatic heterocycles. The molecule has 0 N–H and O–H groups in total. The van der Waals surface area contributed by atoms with E-state index in [1.165, 1.54) is 12.1 Å². The largest absolute Gasteiger partial charge is 0.373 e. The molecule has 1 heterocycles. The first-order valence-electron chi connectivity index (χ1n) is 5.18. The van der Waals surface area contributed by atoms with Crippen LogP contribution in [0.3, 0.4) is 0 Å². The second-order valence-corrected chi connectivity index (χ2v) is 3.88. The van der Waals surface area contributed by atoms with Gasteiger partial charge in [-0.1, -0.05) is 17.2 Å². The zero-order chi connectivity index (χ0) is 11.4. The highest BCUT2D eigenvalue weighted by Crippen LogP contribution is 2.20. The molecule has 84 valence electrons. The van der Waals surface area contributed by atoms with Crippen LogP contribution in [0.25, 0.3) is 10.4 Å². The van der Waals surface area contributed by atoms with E-state index in [0.29, 0.717) is 6.42 Å². The van der Waals surface area contributed by atoms with E-state index < -0.39 is 0 Å². The van der Waals surface area contributed by atoms with Crippen LogP contribution >= 0.6 is 0 Å². The third-order valence-electron chi connectivity index (χ3n) is 2.54. The highest BCUT2D eigenvalue weighted by atomic mass is 19.1. The molecule has 0 bridgehead atoms. The lowest BCUT2D eigenvalue weighted by molar-refractivity contribution is 0.379. The smallest absolute Gasteiger partial charge is 0.123 e. The van der Waals surface area contributed by atoms with Crippen molar-refractivity contribution in [2.24, 2.45) is 5.11 Å². The molecule has 0 aliphatic carbocycles. The fourth-order valence-electron chi connectivity index (χ4n) is 1.64. The van der Waals surface area contributed by atoms with Crippen molar-refractivity contribution in [1.29, 1.82) is 0 Å². The van der Waals surface area contributed by atoms with Crippen LogP contribution in [0, 0.1) is 5.82 Å². The number of hydrogen-bond acceptors (Lipinski definition) is 2. The maximum Gasteiger partial charge on any atom is 0.123 e. The van der Waals surface area contributed by atoms with Crippen LogP contribution in [0.15, 0.2) is 29.4 Å². The maximum atomic E-state index is 12.7. The van der Waals surface area contributed by atoms with Gasteiger partial charge in [0, 0.05) is 11.0 Å². The van der Waals surface area contributed by atoms with Gasteiger partial charge in [0.05, 0.1) is 12.7 Å². The summed E-state index contributed by atoms with van der Waals surface area (Å²) in [5.74, 6) is -0.255. The first kappa shape index (κ1) is 10.9. The highest BCUT2D eigenvalue weighted by molar-refractivity contribution is 5.17. The first-order valence-corrected chi connectivity index (χ1v) is 5.18. The second-order valence-electron chi connectivity index (χ2n) is 3.88. The van der Waals surface area contributed by atoms with Crippen LogP contribution in [-0.4, -0.2) is 18.8 Å². The highest BCUT2D eigenvalue weighted by Gasteiger charge is 2.26. The zero-order valence-corrected chi connectivity index (χ0v) is 8.71. The van der Waals surface area contributed by atoms with Crippen molar-refractivity contribution in [2.75, 3.05) is 6.61 Å². The molecular weight excluding hydrogens is 209 g/mol. The number of azide groups is 1. The summed E-state index contributed by atoms with van der Waals surface area (Å²) >= 11 is 0. The van der Waals surface area contributed by atoms with Crippen molar-refractivity contribution in [3.8, 4) is 0 Å². The Morgan fingerprint density at radius 1 is 1.50 bits per heavy atom. The van der Waals surface area contributed by atoms with E-state index in [0.717, 1.165) is 18.6 Å². The molecule has 1 aromatic rings. The number of rotatable bonds is 5. The Hall–Kier alpha value is -1.58. The molecule has 2 rings (SSSR count). The zero-order valence-electron chi connectivity index (χ0n) is 8.71. The average Bonchev–Trinajstić information content (AvgIpc) is 3.06. The van der Waals surface area contributed by atoms with Gasteiger partial charge in [-0.2, -0.15) is 0 Å². The van der Waals surface area contributed by atoms with Crippen molar-refractivity contribution in [2.45, 2.75) is 25.0 Å². The summed E-state index contributed by atoms with van der Waals surface area (Å²) in [6, 6.07) is 6.14. The van der Waals surface area contributed by atoms with Gasteiger partial charge in [-0.3, -0.25) is 0 Å². The molecule has 1 unspecified atom stereocenters. The Balaban J connectivity index is 1.98. The van der Waals surface area contributed by atoms with Crippen LogP contribution in [0.4, 0.5) is 4.39 Å². The van der Waals surface area contributed by atoms with Crippen LogP contribution in [0.5, 0.6) is 0 Å². The monoisotopic (exact) mass is 221 g/mol. The summed E-state index contributed by atoms with van der Waals surface area (Å²) in [6.07, 6.45) is 1.60. The maximum absolute atomic E-state index is 12.7. The van der Waals surface area contributed by atoms with Gasteiger partial charge in [0.15, 0.2) is 0 Å². The van der Waals surface area contributed by atoms with Crippen LogP contribution < -0.4 is 0 Å². The molecule has 16 heavy (non-hydrogen) atoms. The molecule has 1 aromatic carbocycles. The third-order valence-corrected chi connectivity index (χ3v) is 2.54. The normalized spacial score (nSPS) is 19.9. The topological polar surface area (TPSA) is 61.3 Å². The van der Waals surface area contributed by atoms with Gasteiger partial charge >= 0.3 is 0 Å².